The zero-order valence-corrected chi connectivity index (χ0v) is 12.3. The molecule has 1 heterocycles. The minimum absolute atomic E-state index is 0.0517. The fourth-order valence-corrected chi connectivity index (χ4v) is 2.98. The molecule has 1 aliphatic carbocycles. The summed E-state index contributed by atoms with van der Waals surface area (Å²) in [6.45, 7) is 1.19. The Hall–Kier alpha value is -2.41. The summed E-state index contributed by atoms with van der Waals surface area (Å²) >= 11 is 0. The molecule has 1 aromatic rings. The van der Waals surface area contributed by atoms with Gasteiger partial charge in [0.2, 0.25) is 0 Å². The zero-order valence-electron chi connectivity index (χ0n) is 12.3. The number of nitrogens with zero attached hydrogens (tertiary/aromatic N) is 2. The number of carbonyl (C=O) groups is 1. The van der Waals surface area contributed by atoms with Crippen LogP contribution in [0.1, 0.15) is 18.4 Å². The molecule has 112 valence electrons. The number of hydrogen-bond acceptors (Lipinski definition) is 2. The average Bonchev–Trinajstić information content (AvgIpc) is 2.48. The van der Waals surface area contributed by atoms with Crippen molar-refractivity contribution in [3.63, 3.8) is 0 Å². The van der Waals surface area contributed by atoms with Crippen LogP contribution in [0, 0.1) is 22.6 Å². The van der Waals surface area contributed by atoms with Crippen LogP contribution in [0.3, 0.4) is 0 Å². The maximum atomic E-state index is 13.0. The first-order chi connectivity index (χ1) is 10.6. The molecule has 0 N–H and O–H groups in total. The van der Waals surface area contributed by atoms with Gasteiger partial charge in [-0.25, -0.2) is 4.39 Å². The Bertz CT molecular complexity index is 674. The van der Waals surface area contributed by atoms with E-state index in [0.29, 0.717) is 32.4 Å². The topological polar surface area (TPSA) is 44.1 Å². The van der Waals surface area contributed by atoms with Gasteiger partial charge in [0, 0.05) is 18.7 Å². The van der Waals surface area contributed by atoms with Gasteiger partial charge in [-0.3, -0.25) is 4.79 Å². The smallest absolute Gasteiger partial charge is 0.253 e. The van der Waals surface area contributed by atoms with Gasteiger partial charge in [-0.05, 0) is 49.1 Å². The van der Waals surface area contributed by atoms with Gasteiger partial charge in [0.25, 0.3) is 5.91 Å². The molecular formula is C18H17FN2O. The van der Waals surface area contributed by atoms with Crippen molar-refractivity contribution in [3.8, 4) is 6.07 Å². The van der Waals surface area contributed by atoms with E-state index in [1.165, 1.54) is 12.1 Å². The lowest BCUT2D eigenvalue weighted by molar-refractivity contribution is -0.128. The Morgan fingerprint density at radius 1 is 1.27 bits per heavy atom. The van der Waals surface area contributed by atoms with Gasteiger partial charge in [-0.2, -0.15) is 5.26 Å². The Morgan fingerprint density at radius 3 is 2.41 bits per heavy atom. The fraction of sp³-hybridized carbons (Fsp3) is 0.333. The molecule has 22 heavy (non-hydrogen) atoms. The number of rotatable bonds is 3. The molecule has 2 aliphatic rings. The van der Waals surface area contributed by atoms with Gasteiger partial charge >= 0.3 is 0 Å². The highest BCUT2D eigenvalue weighted by Gasteiger charge is 2.36. The molecule has 1 aromatic carbocycles. The predicted molar refractivity (Wildman–Crippen MR) is 81.2 cm³/mol. The molecular weight excluding hydrogens is 279 g/mol. The number of carbonyl (C=O) groups excluding carboxylic acids is 1. The van der Waals surface area contributed by atoms with Crippen LogP contribution in [0.2, 0.25) is 0 Å². The van der Waals surface area contributed by atoms with Crippen LogP contribution in [0.4, 0.5) is 4.39 Å². The van der Waals surface area contributed by atoms with Gasteiger partial charge in [0.1, 0.15) is 5.82 Å². The zero-order chi connectivity index (χ0) is 15.6. The van der Waals surface area contributed by atoms with Crippen LogP contribution >= 0.6 is 0 Å². The lowest BCUT2D eigenvalue weighted by atomic mass is 9.75. The second-order valence-corrected chi connectivity index (χ2v) is 5.97. The first-order valence-electron chi connectivity index (χ1n) is 7.45. The second kappa shape index (κ2) is 5.76. The summed E-state index contributed by atoms with van der Waals surface area (Å²) in [7, 11) is 0. The molecule has 0 unspecified atom stereocenters. The standard InChI is InChI=1S/C18H17FN2O/c19-16-6-4-14(5-7-16)12-18(13-20)8-10-21(11-9-18)17(22)15-2-1-3-15/h1-7H,8-12H2. The molecule has 1 aliphatic heterocycles. The molecule has 0 atom stereocenters. The summed E-state index contributed by atoms with van der Waals surface area (Å²) in [4.78, 5) is 14.0. The van der Waals surface area contributed by atoms with Crippen molar-refractivity contribution in [2.75, 3.05) is 13.1 Å². The first-order valence-corrected chi connectivity index (χ1v) is 7.45. The van der Waals surface area contributed by atoms with E-state index < -0.39 is 5.41 Å². The number of benzene rings is 1. The van der Waals surface area contributed by atoms with Crippen LogP contribution in [0.15, 0.2) is 48.1 Å². The molecule has 0 aromatic heterocycles. The van der Waals surface area contributed by atoms with Crippen molar-refractivity contribution in [1.82, 2.24) is 4.90 Å². The highest BCUT2D eigenvalue weighted by molar-refractivity contribution is 5.98. The number of piperidine rings is 1. The summed E-state index contributed by atoms with van der Waals surface area (Å²) < 4.78 is 13.0. The van der Waals surface area contributed by atoms with Crippen molar-refractivity contribution in [2.24, 2.45) is 5.41 Å². The van der Waals surface area contributed by atoms with Crippen molar-refractivity contribution in [3.05, 3.63) is 59.4 Å². The normalized spacial score (nSPS) is 19.1. The SMILES string of the molecule is N#CC1(Cc2ccc(F)cc2)CCN(C(=O)C2=CC=C2)CC1. The summed E-state index contributed by atoms with van der Waals surface area (Å²) in [5, 5.41) is 9.60. The highest BCUT2D eigenvalue weighted by Crippen LogP contribution is 2.35. The van der Waals surface area contributed by atoms with E-state index in [1.807, 2.05) is 23.1 Å². The quantitative estimate of drug-likeness (QED) is 0.860. The van der Waals surface area contributed by atoms with Crippen molar-refractivity contribution < 1.29 is 9.18 Å². The minimum Gasteiger partial charge on any atom is -0.339 e. The number of likely N-dealkylation sites (tertiary alicyclic amines) is 1. The third-order valence-electron chi connectivity index (χ3n) is 4.50. The molecule has 0 spiro atoms. The summed E-state index contributed by atoms with van der Waals surface area (Å²) in [6, 6.07) is 8.75. The molecule has 0 bridgehead atoms. The maximum Gasteiger partial charge on any atom is 0.253 e. The van der Waals surface area contributed by atoms with Crippen LogP contribution < -0.4 is 0 Å². The van der Waals surface area contributed by atoms with Crippen LogP contribution in [-0.4, -0.2) is 23.9 Å². The molecule has 1 saturated heterocycles. The van der Waals surface area contributed by atoms with Gasteiger partial charge < -0.3 is 4.90 Å². The van der Waals surface area contributed by atoms with Crippen molar-refractivity contribution in [2.45, 2.75) is 19.3 Å². The number of allylic oxidation sites excluding steroid dienone is 2. The Labute approximate surface area is 129 Å². The monoisotopic (exact) mass is 296 g/mol. The number of amides is 1. The number of nitriles is 1. The third kappa shape index (κ3) is 2.80. The van der Waals surface area contributed by atoms with Gasteiger partial charge in [-0.15, -0.1) is 0 Å². The van der Waals surface area contributed by atoms with Gasteiger partial charge in [-0.1, -0.05) is 18.2 Å². The fourth-order valence-electron chi connectivity index (χ4n) is 2.98. The van der Waals surface area contributed by atoms with Crippen molar-refractivity contribution >= 4 is 5.91 Å². The van der Waals surface area contributed by atoms with E-state index in [2.05, 4.69) is 6.07 Å². The van der Waals surface area contributed by atoms with E-state index >= 15 is 0 Å². The molecule has 0 radical (unpaired) electrons. The summed E-state index contributed by atoms with van der Waals surface area (Å²) in [6.07, 6.45) is 7.40. The van der Waals surface area contributed by atoms with E-state index in [0.717, 1.165) is 11.1 Å². The first kappa shape index (κ1) is 14.5. The van der Waals surface area contributed by atoms with E-state index in [9.17, 15) is 14.4 Å². The Balaban J connectivity index is 1.65. The number of halogens is 1. The third-order valence-corrected chi connectivity index (χ3v) is 4.50. The van der Waals surface area contributed by atoms with E-state index in [4.69, 9.17) is 0 Å². The minimum atomic E-state index is -0.460. The summed E-state index contributed by atoms with van der Waals surface area (Å²) in [5.74, 6) is -0.215. The number of hydrogen-bond donors (Lipinski definition) is 0. The van der Waals surface area contributed by atoms with E-state index in [-0.39, 0.29) is 11.7 Å². The molecule has 1 amide bonds. The predicted octanol–water partition coefficient (Wildman–Crippen LogP) is 3.00. The largest absolute Gasteiger partial charge is 0.339 e. The molecule has 3 nitrogen and oxygen atoms in total. The summed E-state index contributed by atoms with van der Waals surface area (Å²) in [5.41, 5.74) is 1.24. The lowest BCUT2D eigenvalue weighted by Gasteiger charge is -2.37. The van der Waals surface area contributed by atoms with E-state index in [1.54, 1.807) is 12.1 Å². The van der Waals surface area contributed by atoms with Crippen LogP contribution in [0.25, 0.3) is 0 Å². The lowest BCUT2D eigenvalue weighted by Crippen LogP contribution is -2.44. The average molecular weight is 296 g/mol. The van der Waals surface area contributed by atoms with Gasteiger partial charge in [0.15, 0.2) is 0 Å². The maximum absolute atomic E-state index is 13.0. The molecule has 4 heteroatoms. The highest BCUT2D eigenvalue weighted by atomic mass is 19.1. The second-order valence-electron chi connectivity index (χ2n) is 5.97. The molecule has 0 saturated carbocycles. The molecule has 1 fully saturated rings. The van der Waals surface area contributed by atoms with Crippen molar-refractivity contribution in [1.29, 1.82) is 5.26 Å². The van der Waals surface area contributed by atoms with Crippen LogP contribution in [-0.2, 0) is 11.2 Å². The molecule has 3 rings (SSSR count). The van der Waals surface area contributed by atoms with Crippen LogP contribution in [0.5, 0.6) is 0 Å². The van der Waals surface area contributed by atoms with Gasteiger partial charge in [0.05, 0.1) is 11.5 Å². The Kier molecular flexibility index (Phi) is 3.81. The Morgan fingerprint density at radius 2 is 1.91 bits per heavy atom.